The topological polar surface area (TPSA) is 189 Å². The molecule has 5 heterocycles. The number of rotatable bonds is 11. The Hall–Kier alpha value is -7.18. The van der Waals surface area contributed by atoms with Crippen LogP contribution in [0, 0.1) is 5.82 Å². The van der Waals surface area contributed by atoms with Crippen LogP contribution >= 0.6 is 11.6 Å². The minimum Gasteiger partial charge on any atom is -0.351 e. The number of aromatic nitrogens is 5. The average Bonchev–Trinajstić information content (AvgIpc) is 3.83. The number of fused-ring (bicyclic) bond motifs is 1. The van der Waals surface area contributed by atoms with Gasteiger partial charge in [-0.05, 0) is 73.2 Å². The maximum atomic E-state index is 15.0. The summed E-state index contributed by atoms with van der Waals surface area (Å²) in [5.74, 6) is -2.55. The number of hydrogen-bond donors (Lipinski definition) is 3. The lowest BCUT2D eigenvalue weighted by Gasteiger charge is -2.35. The molecule has 0 aliphatic carbocycles. The molecule has 0 bridgehead atoms. The van der Waals surface area contributed by atoms with E-state index in [1.165, 1.54) is 32.6 Å². The van der Waals surface area contributed by atoms with E-state index in [4.69, 9.17) is 11.6 Å². The van der Waals surface area contributed by atoms with Gasteiger partial charge in [0.25, 0.3) is 17.7 Å². The Morgan fingerprint density at radius 3 is 2.39 bits per heavy atom. The number of anilines is 2. The number of carbonyl (C=O) groups excluding carboxylic acids is 5. The third kappa shape index (κ3) is 8.29. The molecule has 3 aromatic carbocycles. The average molecular weight is 862 g/mol. The van der Waals surface area contributed by atoms with E-state index in [1.54, 1.807) is 36.3 Å². The number of urea groups is 1. The summed E-state index contributed by atoms with van der Waals surface area (Å²) >= 11 is 6.36. The number of benzene rings is 3. The van der Waals surface area contributed by atoms with E-state index in [-0.39, 0.29) is 59.0 Å². The zero-order valence-electron chi connectivity index (χ0n) is 33.7. The fraction of sp³-hybridized carbons (Fsp3) is 0.256. The van der Waals surface area contributed by atoms with Crippen molar-refractivity contribution in [3.8, 4) is 16.9 Å². The van der Waals surface area contributed by atoms with Crippen LogP contribution in [-0.2, 0) is 18.4 Å². The summed E-state index contributed by atoms with van der Waals surface area (Å²) in [6, 6.07) is 19.1. The highest BCUT2D eigenvalue weighted by Gasteiger charge is 2.28. The molecule has 6 amide bonds. The van der Waals surface area contributed by atoms with E-state index in [0.29, 0.717) is 61.7 Å². The number of aryl methyl sites for hydroxylation is 2. The third-order valence-corrected chi connectivity index (χ3v) is 11.3. The lowest BCUT2D eigenvalue weighted by Crippen LogP contribution is -2.50. The van der Waals surface area contributed by atoms with Crippen molar-refractivity contribution >= 4 is 63.5 Å². The van der Waals surface area contributed by atoms with Crippen LogP contribution in [0.1, 0.15) is 44.5 Å². The Kier molecular flexibility index (Phi) is 11.7. The number of carbonyl (C=O) groups is 5. The summed E-state index contributed by atoms with van der Waals surface area (Å²) in [5.41, 5.74) is 3.50. The number of nitrogens with one attached hydrogen (secondary N) is 3. The Morgan fingerprint density at radius 2 is 1.68 bits per heavy atom. The van der Waals surface area contributed by atoms with E-state index in [2.05, 4.69) is 30.9 Å². The first-order chi connectivity index (χ1) is 29.9. The summed E-state index contributed by atoms with van der Waals surface area (Å²) in [6.45, 7) is 5.15. The molecule has 17 nitrogen and oxygen atoms in total. The molecule has 19 heteroatoms. The molecule has 2 aliphatic heterocycles. The van der Waals surface area contributed by atoms with Crippen LogP contribution in [0.5, 0.6) is 0 Å². The molecule has 6 aromatic rings. The Bertz CT molecular complexity index is 2810. The maximum Gasteiger partial charge on any atom is 0.350 e. The first kappa shape index (κ1) is 41.5. The van der Waals surface area contributed by atoms with Crippen molar-refractivity contribution in [3.05, 3.63) is 123 Å². The number of imide groups is 1. The van der Waals surface area contributed by atoms with Crippen LogP contribution in [0.3, 0.4) is 0 Å². The van der Waals surface area contributed by atoms with Gasteiger partial charge in [0.15, 0.2) is 5.69 Å². The van der Waals surface area contributed by atoms with Crippen molar-refractivity contribution in [1.29, 1.82) is 0 Å². The van der Waals surface area contributed by atoms with Gasteiger partial charge in [0.2, 0.25) is 5.91 Å². The Balaban J connectivity index is 0.872. The van der Waals surface area contributed by atoms with Gasteiger partial charge >= 0.3 is 11.7 Å². The summed E-state index contributed by atoms with van der Waals surface area (Å²) in [5, 5.41) is 12.9. The van der Waals surface area contributed by atoms with Crippen molar-refractivity contribution in [3.63, 3.8) is 0 Å². The molecular formula is C43H41ClFN11O6. The molecule has 8 rings (SSSR count). The number of nitrogens with zero attached hydrogens (tertiary/aromatic N) is 8. The first-order valence-electron chi connectivity index (χ1n) is 19.9. The standard InChI is InChI=1S/C43H41ClFN11O6/c1-3-54-34(26-4-8-30(9-5-26)56-25-48-51(2)43(56)62)22-27-12-14-46-37(38(27)54)40(59)49-29-7-11-33(45)31(24-29)39(58)47-15-17-52-18-20-53(21-19-52)41(60)28-6-10-32(44)35(23-28)55-16-13-36(57)50-42(55)61/h4-12,14,22-25H,3,13,15-21H2,1-2H3,(H,47,58)(H,49,59)(H,50,57,61). The zero-order chi connectivity index (χ0) is 43.7. The molecule has 3 N–H and O–H groups in total. The summed E-state index contributed by atoms with van der Waals surface area (Å²) in [4.78, 5) is 86.3. The molecule has 0 spiro atoms. The minimum atomic E-state index is -0.753. The lowest BCUT2D eigenvalue weighted by atomic mass is 10.1. The van der Waals surface area contributed by atoms with Gasteiger partial charge in [0.05, 0.1) is 27.5 Å². The van der Waals surface area contributed by atoms with Gasteiger partial charge in [0.1, 0.15) is 12.1 Å². The highest BCUT2D eigenvalue weighted by molar-refractivity contribution is 6.34. The zero-order valence-corrected chi connectivity index (χ0v) is 34.5. The molecule has 0 atom stereocenters. The second-order valence-electron chi connectivity index (χ2n) is 14.8. The van der Waals surface area contributed by atoms with Crippen LogP contribution in [-0.4, -0.2) is 109 Å². The van der Waals surface area contributed by atoms with E-state index < -0.39 is 23.7 Å². The molecular weight excluding hydrogens is 821 g/mol. The molecule has 3 aromatic heterocycles. The molecule has 2 aliphatic rings. The third-order valence-electron chi connectivity index (χ3n) is 11.0. The molecule has 2 fully saturated rings. The predicted octanol–water partition coefficient (Wildman–Crippen LogP) is 4.29. The van der Waals surface area contributed by atoms with Crippen LogP contribution in [0.15, 0.2) is 90.1 Å². The monoisotopic (exact) mass is 861 g/mol. The summed E-state index contributed by atoms with van der Waals surface area (Å²) < 4.78 is 19.7. The SMILES string of the molecule is CCn1c(-c2ccc(-n3cnn(C)c3=O)cc2)cc2ccnc(C(=O)Nc3ccc(F)c(C(=O)NCCN4CCN(C(=O)c5ccc(Cl)c(N6CCC(=O)NC6=O)c5)CC4)c3)c21. The van der Waals surface area contributed by atoms with E-state index >= 15 is 4.39 Å². The predicted molar refractivity (Wildman–Crippen MR) is 229 cm³/mol. The maximum absolute atomic E-state index is 15.0. The first-order valence-corrected chi connectivity index (χ1v) is 20.3. The van der Waals surface area contributed by atoms with Crippen molar-refractivity contribution in [2.24, 2.45) is 7.05 Å². The van der Waals surface area contributed by atoms with Crippen molar-refractivity contribution in [2.45, 2.75) is 19.9 Å². The fourth-order valence-corrected chi connectivity index (χ4v) is 7.92. The number of piperazine rings is 1. The van der Waals surface area contributed by atoms with E-state index in [1.807, 2.05) is 47.9 Å². The summed E-state index contributed by atoms with van der Waals surface area (Å²) in [6.07, 6.45) is 3.12. The van der Waals surface area contributed by atoms with Crippen LogP contribution in [0.4, 0.5) is 20.6 Å². The number of amides is 6. The minimum absolute atomic E-state index is 0.119. The number of hydrogen-bond acceptors (Lipinski definition) is 9. The molecule has 318 valence electrons. The van der Waals surface area contributed by atoms with Crippen molar-refractivity contribution in [2.75, 3.05) is 56.0 Å². The molecule has 0 unspecified atom stereocenters. The van der Waals surface area contributed by atoms with Gasteiger partial charge in [-0.3, -0.25) is 34.3 Å². The number of halogens is 2. The molecule has 2 saturated heterocycles. The normalized spacial score (nSPS) is 14.6. The molecule has 62 heavy (non-hydrogen) atoms. The quantitative estimate of drug-likeness (QED) is 0.171. The van der Waals surface area contributed by atoms with E-state index in [9.17, 15) is 28.8 Å². The molecule has 0 radical (unpaired) electrons. The van der Waals surface area contributed by atoms with Gasteiger partial charge < -0.3 is 20.1 Å². The Labute approximate surface area is 358 Å². The van der Waals surface area contributed by atoms with Gasteiger partial charge in [-0.25, -0.2) is 28.2 Å². The van der Waals surface area contributed by atoms with E-state index in [0.717, 1.165) is 22.7 Å². The smallest absolute Gasteiger partial charge is 0.350 e. The van der Waals surface area contributed by atoms with Crippen molar-refractivity contribution in [1.82, 2.24) is 44.3 Å². The second-order valence-corrected chi connectivity index (χ2v) is 15.2. The fourth-order valence-electron chi connectivity index (χ4n) is 7.70. The van der Waals surface area contributed by atoms with Crippen LogP contribution < -0.4 is 26.5 Å². The lowest BCUT2D eigenvalue weighted by molar-refractivity contribution is -0.120. The van der Waals surface area contributed by atoms with Crippen LogP contribution in [0.25, 0.3) is 27.8 Å². The highest BCUT2D eigenvalue weighted by atomic mass is 35.5. The van der Waals surface area contributed by atoms with Crippen molar-refractivity contribution < 1.29 is 28.4 Å². The second kappa shape index (κ2) is 17.4. The van der Waals surface area contributed by atoms with Gasteiger partial charge in [0, 0.05) is 94.4 Å². The highest BCUT2D eigenvalue weighted by Crippen LogP contribution is 2.32. The number of pyridine rings is 1. The Morgan fingerprint density at radius 1 is 0.903 bits per heavy atom. The van der Waals surface area contributed by atoms with Gasteiger partial charge in [-0.1, -0.05) is 23.7 Å². The van der Waals surface area contributed by atoms with Crippen LogP contribution in [0.2, 0.25) is 5.02 Å². The van der Waals surface area contributed by atoms with Gasteiger partial charge in [-0.15, -0.1) is 0 Å². The summed E-state index contributed by atoms with van der Waals surface area (Å²) in [7, 11) is 1.58. The molecule has 0 saturated carbocycles. The largest absolute Gasteiger partial charge is 0.351 e. The van der Waals surface area contributed by atoms with Gasteiger partial charge in [-0.2, -0.15) is 5.10 Å².